The van der Waals surface area contributed by atoms with Crippen LogP contribution in [0.15, 0.2) is 12.4 Å². The average molecular weight is 297 g/mol. The molecular weight excluding hydrogens is 292 g/mol. The molecule has 0 radical (unpaired) electrons. The van der Waals surface area contributed by atoms with Crippen LogP contribution in [-0.4, -0.2) is 21.2 Å². The molecule has 2 N–H and O–H groups in total. The van der Waals surface area contributed by atoms with Crippen LogP contribution in [0.25, 0.3) is 0 Å². The molecule has 4 nitrogen and oxygen atoms in total. The highest BCUT2D eigenvalue weighted by Crippen LogP contribution is 2.19. The van der Waals surface area contributed by atoms with Gasteiger partial charge in [-0.05, 0) is 22.6 Å². The molecule has 70 valence electrons. The van der Waals surface area contributed by atoms with Gasteiger partial charge in [-0.25, -0.2) is 9.18 Å². The van der Waals surface area contributed by atoms with E-state index in [4.69, 9.17) is 10.2 Å². The Kier molecular flexibility index (Phi) is 3.15. The Hall–Kier alpha value is -0.760. The number of aromatic nitrogens is 1. The minimum atomic E-state index is -1.86. The molecule has 0 fully saturated rings. The quantitative estimate of drug-likeness (QED) is 0.797. The Morgan fingerprint density at radius 2 is 2.23 bits per heavy atom. The Morgan fingerprint density at radius 1 is 1.62 bits per heavy atom. The summed E-state index contributed by atoms with van der Waals surface area (Å²) >= 11 is 1.67. The normalized spacial score (nSPS) is 12.5. The Morgan fingerprint density at radius 3 is 2.77 bits per heavy atom. The predicted octanol–water partition coefficient (Wildman–Crippen LogP) is 0.943. The summed E-state index contributed by atoms with van der Waals surface area (Å²) in [5.74, 6) is -2.24. The Bertz CT molecular complexity index is 345. The number of pyridine rings is 1. The second-order valence-corrected chi connectivity index (χ2v) is 3.43. The first kappa shape index (κ1) is 10.3. The van der Waals surface area contributed by atoms with Crippen molar-refractivity contribution in [3.05, 3.63) is 27.3 Å². The summed E-state index contributed by atoms with van der Waals surface area (Å²) < 4.78 is 13.3. The van der Waals surface area contributed by atoms with Gasteiger partial charge in [-0.15, -0.1) is 0 Å². The van der Waals surface area contributed by atoms with E-state index in [9.17, 15) is 9.18 Å². The van der Waals surface area contributed by atoms with Crippen LogP contribution in [-0.2, 0) is 4.79 Å². The lowest BCUT2D eigenvalue weighted by molar-refractivity contribution is -0.147. The molecule has 0 aliphatic rings. The van der Waals surface area contributed by atoms with E-state index in [1.165, 1.54) is 6.20 Å². The maximum absolute atomic E-state index is 13.1. The van der Waals surface area contributed by atoms with Crippen molar-refractivity contribution in [2.24, 2.45) is 0 Å². The van der Waals surface area contributed by atoms with Crippen LogP contribution in [0.2, 0.25) is 0 Å². The second-order valence-electron chi connectivity index (χ2n) is 2.27. The van der Waals surface area contributed by atoms with Gasteiger partial charge in [0.2, 0.25) is 0 Å². The number of halogens is 2. The number of hydrogen-bond acceptors (Lipinski definition) is 3. The van der Waals surface area contributed by atoms with E-state index < -0.39 is 17.9 Å². The minimum Gasteiger partial charge on any atom is -0.479 e. The minimum absolute atomic E-state index is 0.176. The number of aliphatic hydroxyl groups excluding tert-OH is 1. The first-order valence-corrected chi connectivity index (χ1v) is 4.31. The average Bonchev–Trinajstić information content (AvgIpc) is 2.08. The zero-order valence-corrected chi connectivity index (χ0v) is 8.40. The van der Waals surface area contributed by atoms with Crippen molar-refractivity contribution in [1.29, 1.82) is 0 Å². The number of aliphatic hydroxyl groups is 1. The van der Waals surface area contributed by atoms with Crippen molar-refractivity contribution in [3.63, 3.8) is 0 Å². The van der Waals surface area contributed by atoms with Crippen molar-refractivity contribution in [2.75, 3.05) is 0 Å². The maximum atomic E-state index is 13.1. The summed E-state index contributed by atoms with van der Waals surface area (Å²) in [6.45, 7) is 0. The molecule has 1 atom stereocenters. The lowest BCUT2D eigenvalue weighted by atomic mass is 10.1. The molecule has 1 aromatic rings. The van der Waals surface area contributed by atoms with Gasteiger partial charge in [0.25, 0.3) is 0 Å². The lowest BCUT2D eigenvalue weighted by Crippen LogP contribution is -2.13. The van der Waals surface area contributed by atoms with Gasteiger partial charge >= 0.3 is 5.97 Å². The molecule has 0 saturated heterocycles. The SMILES string of the molecule is O=C(O)C(O)c1cncc(I)c1F. The zero-order valence-electron chi connectivity index (χ0n) is 6.24. The van der Waals surface area contributed by atoms with Gasteiger partial charge in [0.1, 0.15) is 5.82 Å². The van der Waals surface area contributed by atoms with Crippen LogP contribution in [0.1, 0.15) is 11.7 Å². The lowest BCUT2D eigenvalue weighted by Gasteiger charge is -2.06. The van der Waals surface area contributed by atoms with E-state index in [0.29, 0.717) is 0 Å². The van der Waals surface area contributed by atoms with Crippen LogP contribution in [0.5, 0.6) is 0 Å². The maximum Gasteiger partial charge on any atom is 0.337 e. The van der Waals surface area contributed by atoms with Gasteiger partial charge in [-0.2, -0.15) is 0 Å². The number of carbonyl (C=O) groups is 1. The molecule has 1 unspecified atom stereocenters. The highest BCUT2D eigenvalue weighted by atomic mass is 127. The molecule has 0 aliphatic heterocycles. The van der Waals surface area contributed by atoms with Crippen LogP contribution in [0, 0.1) is 9.39 Å². The van der Waals surface area contributed by atoms with Crippen molar-refractivity contribution in [3.8, 4) is 0 Å². The molecule has 13 heavy (non-hydrogen) atoms. The predicted molar refractivity (Wildman–Crippen MR) is 49.5 cm³/mol. The zero-order chi connectivity index (χ0) is 10.0. The summed E-state index contributed by atoms with van der Waals surface area (Å²) in [4.78, 5) is 13.9. The topological polar surface area (TPSA) is 70.4 Å². The monoisotopic (exact) mass is 297 g/mol. The standard InChI is InChI=1S/C7H5FINO3/c8-5-3(6(11)7(12)13)1-10-2-4(5)9/h1-2,6,11H,(H,12,13). The van der Waals surface area contributed by atoms with Gasteiger partial charge < -0.3 is 10.2 Å². The van der Waals surface area contributed by atoms with Crippen molar-refractivity contribution in [2.45, 2.75) is 6.10 Å². The van der Waals surface area contributed by atoms with E-state index in [-0.39, 0.29) is 9.13 Å². The molecule has 6 heteroatoms. The van der Waals surface area contributed by atoms with Crippen LogP contribution in [0.4, 0.5) is 4.39 Å². The molecule has 0 amide bonds. The molecule has 0 bridgehead atoms. The number of rotatable bonds is 2. The first-order valence-electron chi connectivity index (χ1n) is 3.23. The summed E-state index contributed by atoms with van der Waals surface area (Å²) in [5, 5.41) is 17.4. The fourth-order valence-corrected chi connectivity index (χ4v) is 1.23. The number of aliphatic carboxylic acids is 1. The van der Waals surface area contributed by atoms with E-state index in [0.717, 1.165) is 6.20 Å². The van der Waals surface area contributed by atoms with E-state index in [1.54, 1.807) is 22.6 Å². The van der Waals surface area contributed by atoms with Gasteiger partial charge in [-0.1, -0.05) is 0 Å². The third-order valence-electron chi connectivity index (χ3n) is 1.39. The first-order chi connectivity index (χ1) is 6.04. The molecule has 0 aliphatic carbocycles. The summed E-state index contributed by atoms with van der Waals surface area (Å²) in [5.41, 5.74) is -0.320. The molecule has 1 rings (SSSR count). The number of carboxylic acids is 1. The van der Waals surface area contributed by atoms with Gasteiger partial charge in [0.15, 0.2) is 6.10 Å². The molecule has 1 heterocycles. The van der Waals surface area contributed by atoms with Crippen molar-refractivity contribution in [1.82, 2.24) is 4.98 Å². The Balaban J connectivity index is 3.15. The third kappa shape index (κ3) is 2.13. The molecule has 0 spiro atoms. The summed E-state index contributed by atoms with van der Waals surface area (Å²) in [7, 11) is 0. The van der Waals surface area contributed by atoms with Gasteiger partial charge in [0, 0.05) is 18.0 Å². The van der Waals surface area contributed by atoms with Gasteiger partial charge in [-0.3, -0.25) is 4.98 Å². The number of carboxylic acid groups (broad SMARTS) is 1. The van der Waals surface area contributed by atoms with Crippen molar-refractivity contribution < 1.29 is 19.4 Å². The fraction of sp³-hybridized carbons (Fsp3) is 0.143. The summed E-state index contributed by atoms with van der Waals surface area (Å²) in [6, 6.07) is 0. The van der Waals surface area contributed by atoms with Crippen LogP contribution in [0.3, 0.4) is 0 Å². The van der Waals surface area contributed by atoms with E-state index in [1.807, 2.05) is 0 Å². The number of hydrogen-bond donors (Lipinski definition) is 2. The molecule has 1 aromatic heterocycles. The Labute approximate surface area is 86.6 Å². The van der Waals surface area contributed by atoms with Crippen LogP contribution < -0.4 is 0 Å². The van der Waals surface area contributed by atoms with E-state index >= 15 is 0 Å². The highest BCUT2D eigenvalue weighted by Gasteiger charge is 2.21. The fourth-order valence-electron chi connectivity index (χ4n) is 0.758. The molecule has 0 saturated carbocycles. The highest BCUT2D eigenvalue weighted by molar-refractivity contribution is 14.1. The third-order valence-corrected chi connectivity index (χ3v) is 2.15. The molecular formula is C7H5FINO3. The largest absolute Gasteiger partial charge is 0.479 e. The van der Waals surface area contributed by atoms with E-state index in [2.05, 4.69) is 4.98 Å². The summed E-state index contributed by atoms with van der Waals surface area (Å²) in [6.07, 6.45) is 0.381. The number of nitrogens with zero attached hydrogens (tertiary/aromatic N) is 1. The smallest absolute Gasteiger partial charge is 0.337 e. The van der Waals surface area contributed by atoms with Gasteiger partial charge in [0.05, 0.1) is 3.57 Å². The second kappa shape index (κ2) is 3.97. The van der Waals surface area contributed by atoms with Crippen LogP contribution >= 0.6 is 22.6 Å². The molecule has 0 aromatic carbocycles. The van der Waals surface area contributed by atoms with Crippen molar-refractivity contribution >= 4 is 28.6 Å².